The maximum atomic E-state index is 6.78. The molecule has 0 saturated heterocycles. The Kier molecular flexibility index (Phi) is 8.83. The first-order chi connectivity index (χ1) is 31.6. The summed E-state index contributed by atoms with van der Waals surface area (Å²) < 4.78 is 6.78. The Balaban J connectivity index is 1.26. The minimum atomic E-state index is -0.169. The van der Waals surface area contributed by atoms with Crippen LogP contribution in [0.4, 0.5) is 0 Å². The Hall–Kier alpha value is -6.54. The van der Waals surface area contributed by atoms with E-state index in [-0.39, 0.29) is 28.3 Å². The van der Waals surface area contributed by atoms with Crippen molar-refractivity contribution in [3.05, 3.63) is 197 Å². The van der Waals surface area contributed by atoms with Gasteiger partial charge in [0.2, 0.25) is 0 Å². The Morgan fingerprint density at radius 1 is 0.379 bits per heavy atom. The number of rotatable bonds is 4. The molecule has 324 valence electrons. The van der Waals surface area contributed by atoms with Gasteiger partial charge in [-0.1, -0.05) is 184 Å². The van der Waals surface area contributed by atoms with Gasteiger partial charge in [-0.2, -0.15) is 0 Å². The molecule has 12 rings (SSSR count). The van der Waals surface area contributed by atoms with E-state index in [0.29, 0.717) is 0 Å². The molecular formula is C65H58O. The van der Waals surface area contributed by atoms with E-state index in [0.717, 1.165) is 0 Å². The molecule has 2 unspecified atom stereocenters. The summed E-state index contributed by atoms with van der Waals surface area (Å²) in [6.45, 7) is 21.1. The standard InChI is InChI=1S/C65H58O/c1-63(2,3)44-25-18-24-40(28-44)49-35-52-59-51(32-41-23-16-17-26-47(41)56(59)43-29-45(64(4,5)6)34-46(30-43)65(7,8)9)60-54(66-10)36-53-58-50(57(49)61(53)62(52)60)33-42-27-38-21-14-15-22-39(38)31-48(42)55(58)37-19-12-11-13-20-37/h11-36,54,60H,1-10H3. The minimum absolute atomic E-state index is 0.0135. The number of hydrogen-bond acceptors (Lipinski definition) is 1. The van der Waals surface area contributed by atoms with Gasteiger partial charge in [0.15, 0.2) is 0 Å². The van der Waals surface area contributed by atoms with Crippen LogP contribution >= 0.6 is 0 Å². The summed E-state index contributed by atoms with van der Waals surface area (Å²) in [7, 11) is 1.92. The van der Waals surface area contributed by atoms with E-state index >= 15 is 0 Å². The molecule has 0 aliphatic heterocycles. The van der Waals surface area contributed by atoms with E-state index in [1.807, 2.05) is 7.11 Å². The molecule has 0 fully saturated rings. The predicted octanol–water partition coefficient (Wildman–Crippen LogP) is 17.6. The summed E-state index contributed by atoms with van der Waals surface area (Å²) in [5.41, 5.74) is 23.8. The fourth-order valence-electron chi connectivity index (χ4n) is 11.7. The third-order valence-electron chi connectivity index (χ3n) is 15.2. The maximum Gasteiger partial charge on any atom is 0.0870 e. The first kappa shape index (κ1) is 40.9. The number of methoxy groups -OCH3 is 1. The lowest BCUT2D eigenvalue weighted by molar-refractivity contribution is 0.128. The lowest BCUT2D eigenvalue weighted by Gasteiger charge is -2.30. The first-order valence-corrected chi connectivity index (χ1v) is 23.9. The second kappa shape index (κ2) is 14.2. The van der Waals surface area contributed by atoms with E-state index in [1.54, 1.807) is 0 Å². The highest BCUT2D eigenvalue weighted by atomic mass is 16.5. The highest BCUT2D eigenvalue weighted by Crippen LogP contribution is 2.65. The second-order valence-corrected chi connectivity index (χ2v) is 22.4. The van der Waals surface area contributed by atoms with Gasteiger partial charge in [-0.15, -0.1) is 0 Å². The van der Waals surface area contributed by atoms with Crippen LogP contribution in [0.1, 0.15) is 107 Å². The average molecular weight is 855 g/mol. The third kappa shape index (κ3) is 6.09. The molecule has 1 heteroatoms. The lowest BCUT2D eigenvalue weighted by atomic mass is 9.77. The number of ether oxygens (including phenoxy) is 1. The van der Waals surface area contributed by atoms with Crippen LogP contribution in [0, 0.1) is 0 Å². The van der Waals surface area contributed by atoms with Crippen molar-refractivity contribution in [3.8, 4) is 55.6 Å². The van der Waals surface area contributed by atoms with Gasteiger partial charge >= 0.3 is 0 Å². The van der Waals surface area contributed by atoms with Gasteiger partial charge in [0.25, 0.3) is 0 Å². The van der Waals surface area contributed by atoms with Crippen molar-refractivity contribution in [2.45, 2.75) is 90.6 Å². The van der Waals surface area contributed by atoms with Gasteiger partial charge < -0.3 is 4.74 Å². The summed E-state index contributed by atoms with van der Waals surface area (Å²) in [6, 6.07) is 58.4. The molecule has 0 saturated carbocycles. The normalized spacial score (nSPS) is 16.2. The average Bonchev–Trinajstić information content (AvgIpc) is 3.80. The number of benzene rings is 9. The SMILES string of the molecule is COC1C=C2c3c(c(-c4cccc(C(C)(C)C)c4)cc4c3C1c1cc3ccccc3c(-c3cc(C(C)(C)C)cc(C(C)(C)C)c3)c1-4)-c1cc3cc4ccccc4cc3c(-c3ccccc3)c12. The molecule has 66 heavy (non-hydrogen) atoms. The van der Waals surface area contributed by atoms with Crippen molar-refractivity contribution in [2.75, 3.05) is 7.11 Å². The van der Waals surface area contributed by atoms with E-state index in [4.69, 9.17) is 4.74 Å². The highest BCUT2D eigenvalue weighted by molar-refractivity contribution is 6.21. The van der Waals surface area contributed by atoms with Crippen molar-refractivity contribution in [3.63, 3.8) is 0 Å². The van der Waals surface area contributed by atoms with E-state index in [1.165, 1.54) is 132 Å². The highest BCUT2D eigenvalue weighted by Gasteiger charge is 2.47. The molecule has 3 aliphatic carbocycles. The molecule has 9 aromatic rings. The van der Waals surface area contributed by atoms with Crippen molar-refractivity contribution in [1.29, 1.82) is 0 Å². The Morgan fingerprint density at radius 3 is 1.67 bits per heavy atom. The van der Waals surface area contributed by atoms with Crippen molar-refractivity contribution in [2.24, 2.45) is 0 Å². The summed E-state index contributed by atoms with van der Waals surface area (Å²) in [5, 5.41) is 7.61. The molecule has 0 spiro atoms. The van der Waals surface area contributed by atoms with Gasteiger partial charge in [0, 0.05) is 13.0 Å². The van der Waals surface area contributed by atoms with Crippen LogP contribution in [0.3, 0.4) is 0 Å². The van der Waals surface area contributed by atoms with Crippen LogP contribution in [-0.2, 0) is 21.0 Å². The molecule has 1 nitrogen and oxygen atoms in total. The molecule has 0 N–H and O–H groups in total. The molecule has 0 bridgehead atoms. The maximum absolute atomic E-state index is 6.78. The van der Waals surface area contributed by atoms with Crippen LogP contribution in [0.5, 0.6) is 0 Å². The Morgan fingerprint density at radius 2 is 0.985 bits per heavy atom. The van der Waals surface area contributed by atoms with Crippen molar-refractivity contribution in [1.82, 2.24) is 0 Å². The largest absolute Gasteiger partial charge is 0.376 e. The number of hydrogen-bond donors (Lipinski definition) is 0. The van der Waals surface area contributed by atoms with Crippen LogP contribution in [0.15, 0.2) is 158 Å². The van der Waals surface area contributed by atoms with Crippen LogP contribution in [-0.4, -0.2) is 13.2 Å². The summed E-state index contributed by atoms with van der Waals surface area (Å²) >= 11 is 0. The molecule has 2 atom stereocenters. The zero-order chi connectivity index (χ0) is 45.6. The fourth-order valence-corrected chi connectivity index (χ4v) is 11.7. The zero-order valence-corrected chi connectivity index (χ0v) is 40.1. The molecule has 0 heterocycles. The second-order valence-electron chi connectivity index (χ2n) is 22.4. The Labute approximate surface area is 390 Å². The summed E-state index contributed by atoms with van der Waals surface area (Å²) in [5.74, 6) is 0.0233. The van der Waals surface area contributed by atoms with E-state index in [9.17, 15) is 0 Å². The molecule has 0 amide bonds. The smallest absolute Gasteiger partial charge is 0.0870 e. The molecule has 9 aromatic carbocycles. The molecular weight excluding hydrogens is 797 g/mol. The van der Waals surface area contributed by atoms with Crippen LogP contribution < -0.4 is 0 Å². The fraction of sp³-hybridized carbons (Fsp3) is 0.231. The van der Waals surface area contributed by atoms with Gasteiger partial charge in [-0.05, 0) is 185 Å². The van der Waals surface area contributed by atoms with E-state index < -0.39 is 0 Å². The predicted molar refractivity (Wildman–Crippen MR) is 282 cm³/mol. The van der Waals surface area contributed by atoms with Gasteiger partial charge in [-0.25, -0.2) is 0 Å². The Bertz CT molecular complexity index is 3530. The van der Waals surface area contributed by atoms with Gasteiger partial charge in [-0.3, -0.25) is 0 Å². The molecule has 3 aliphatic rings. The topological polar surface area (TPSA) is 9.23 Å². The van der Waals surface area contributed by atoms with Crippen LogP contribution in [0.25, 0.3) is 93.5 Å². The van der Waals surface area contributed by atoms with Crippen LogP contribution in [0.2, 0.25) is 0 Å². The lowest BCUT2D eigenvalue weighted by Crippen LogP contribution is -2.23. The summed E-state index contributed by atoms with van der Waals surface area (Å²) in [6.07, 6.45) is 2.33. The summed E-state index contributed by atoms with van der Waals surface area (Å²) in [4.78, 5) is 0. The first-order valence-electron chi connectivity index (χ1n) is 23.9. The van der Waals surface area contributed by atoms with E-state index in [2.05, 4.69) is 220 Å². The molecule has 0 radical (unpaired) electrons. The minimum Gasteiger partial charge on any atom is -0.376 e. The quantitative estimate of drug-likeness (QED) is 0.160. The third-order valence-corrected chi connectivity index (χ3v) is 15.2. The monoisotopic (exact) mass is 854 g/mol. The molecule has 0 aromatic heterocycles. The van der Waals surface area contributed by atoms with Gasteiger partial charge in [0.1, 0.15) is 0 Å². The van der Waals surface area contributed by atoms with Crippen molar-refractivity contribution >= 4 is 37.9 Å². The van der Waals surface area contributed by atoms with Crippen molar-refractivity contribution < 1.29 is 4.74 Å². The number of fused-ring (bicyclic) bond motifs is 9. The zero-order valence-electron chi connectivity index (χ0n) is 40.1. The van der Waals surface area contributed by atoms with Gasteiger partial charge in [0.05, 0.1) is 6.10 Å².